The maximum Gasteiger partial charge on any atom is -0.00462 e. The van der Waals surface area contributed by atoms with E-state index in [0.29, 0.717) is 0 Å². The molecule has 0 aromatic carbocycles. The Kier molecular flexibility index (Phi) is 3.86. The third-order valence-electron chi connectivity index (χ3n) is 4.52. The summed E-state index contributed by atoms with van der Waals surface area (Å²) in [5.74, 6) is 3.21. The molecule has 82 valence electrons. The third kappa shape index (κ3) is 2.50. The molecule has 2 fully saturated rings. The van der Waals surface area contributed by atoms with Gasteiger partial charge in [-0.3, -0.25) is 0 Å². The van der Waals surface area contributed by atoms with Gasteiger partial charge in [0.15, 0.2) is 0 Å². The zero-order chi connectivity index (χ0) is 9.80. The molecule has 0 spiro atoms. The number of hydrogen-bond acceptors (Lipinski definition) is 1. The fourth-order valence-electron chi connectivity index (χ4n) is 3.38. The van der Waals surface area contributed by atoms with E-state index in [1.165, 1.54) is 58.0 Å². The van der Waals surface area contributed by atoms with Crippen LogP contribution in [-0.4, -0.2) is 13.1 Å². The average molecular weight is 195 g/mol. The summed E-state index contributed by atoms with van der Waals surface area (Å²) in [4.78, 5) is 0. The van der Waals surface area contributed by atoms with E-state index in [2.05, 4.69) is 12.2 Å². The normalized spacial score (nSPS) is 35.8. The number of rotatable bonds is 2. The van der Waals surface area contributed by atoms with Crippen molar-refractivity contribution in [2.45, 2.75) is 51.9 Å². The predicted molar refractivity (Wildman–Crippen MR) is 61.3 cm³/mol. The van der Waals surface area contributed by atoms with Crippen molar-refractivity contribution in [1.82, 2.24) is 5.32 Å². The highest BCUT2D eigenvalue weighted by molar-refractivity contribution is 4.80. The van der Waals surface area contributed by atoms with Crippen molar-refractivity contribution in [2.75, 3.05) is 13.1 Å². The van der Waals surface area contributed by atoms with Gasteiger partial charge in [0.25, 0.3) is 0 Å². The Labute approximate surface area is 88.7 Å². The molecule has 1 heteroatoms. The summed E-state index contributed by atoms with van der Waals surface area (Å²) in [5.41, 5.74) is 0. The van der Waals surface area contributed by atoms with E-state index in [1.807, 2.05) is 0 Å². The molecule has 0 atom stereocenters. The molecule has 0 bridgehead atoms. The topological polar surface area (TPSA) is 12.0 Å². The van der Waals surface area contributed by atoms with E-state index < -0.39 is 0 Å². The molecule has 1 heterocycles. The monoisotopic (exact) mass is 195 g/mol. The summed E-state index contributed by atoms with van der Waals surface area (Å²) < 4.78 is 0. The number of hydrogen-bond donors (Lipinski definition) is 1. The first-order chi connectivity index (χ1) is 6.90. The molecular weight excluding hydrogens is 170 g/mol. The molecule has 1 aliphatic carbocycles. The van der Waals surface area contributed by atoms with Crippen LogP contribution in [-0.2, 0) is 0 Å². The quantitative estimate of drug-likeness (QED) is 0.713. The van der Waals surface area contributed by atoms with Crippen molar-refractivity contribution in [3.8, 4) is 0 Å². The highest BCUT2D eigenvalue weighted by Gasteiger charge is 2.27. The van der Waals surface area contributed by atoms with Crippen molar-refractivity contribution < 1.29 is 0 Å². The van der Waals surface area contributed by atoms with Gasteiger partial charge >= 0.3 is 0 Å². The first kappa shape index (κ1) is 10.5. The van der Waals surface area contributed by atoms with E-state index in [9.17, 15) is 0 Å². The molecule has 0 aromatic rings. The van der Waals surface area contributed by atoms with Crippen LogP contribution < -0.4 is 5.32 Å². The zero-order valence-electron chi connectivity index (χ0n) is 9.60. The van der Waals surface area contributed by atoms with Gasteiger partial charge in [0.05, 0.1) is 0 Å². The summed E-state index contributed by atoms with van der Waals surface area (Å²) in [7, 11) is 0. The molecule has 14 heavy (non-hydrogen) atoms. The minimum absolute atomic E-state index is 1.06. The van der Waals surface area contributed by atoms with Crippen LogP contribution in [0.25, 0.3) is 0 Å². The largest absolute Gasteiger partial charge is 0.317 e. The highest BCUT2D eigenvalue weighted by atomic mass is 14.9. The lowest BCUT2D eigenvalue weighted by Crippen LogP contribution is -2.33. The van der Waals surface area contributed by atoms with Gasteiger partial charge in [-0.05, 0) is 56.5 Å². The molecule has 0 unspecified atom stereocenters. The van der Waals surface area contributed by atoms with Crippen molar-refractivity contribution in [1.29, 1.82) is 0 Å². The van der Waals surface area contributed by atoms with Gasteiger partial charge in [-0.15, -0.1) is 0 Å². The molecule has 0 aromatic heterocycles. The van der Waals surface area contributed by atoms with Crippen LogP contribution in [0.4, 0.5) is 0 Å². The molecule has 0 amide bonds. The predicted octanol–water partition coefficient (Wildman–Crippen LogP) is 3.20. The van der Waals surface area contributed by atoms with Gasteiger partial charge < -0.3 is 5.32 Å². The van der Waals surface area contributed by atoms with Crippen LogP contribution in [0.1, 0.15) is 51.9 Å². The Morgan fingerprint density at radius 3 is 2.00 bits per heavy atom. The van der Waals surface area contributed by atoms with Crippen molar-refractivity contribution in [3.63, 3.8) is 0 Å². The highest BCUT2D eigenvalue weighted by Crippen LogP contribution is 2.37. The van der Waals surface area contributed by atoms with Crippen LogP contribution in [0.5, 0.6) is 0 Å². The number of piperidine rings is 1. The lowest BCUT2D eigenvalue weighted by Gasteiger charge is -2.35. The maximum atomic E-state index is 3.47. The minimum Gasteiger partial charge on any atom is -0.317 e. The zero-order valence-corrected chi connectivity index (χ0v) is 9.60. The average Bonchev–Trinajstić information content (AvgIpc) is 2.30. The molecule has 1 saturated heterocycles. The first-order valence-corrected chi connectivity index (χ1v) is 6.61. The Hall–Kier alpha value is -0.0400. The smallest absolute Gasteiger partial charge is 0.00462 e. The second-order valence-electron chi connectivity index (χ2n) is 5.28. The molecule has 2 aliphatic rings. The molecular formula is C13H25N. The summed E-state index contributed by atoms with van der Waals surface area (Å²) in [5, 5.41) is 3.47. The fourth-order valence-corrected chi connectivity index (χ4v) is 3.38. The summed E-state index contributed by atoms with van der Waals surface area (Å²) in [6.45, 7) is 4.91. The SMILES string of the molecule is CCC1CCC(C2CCNCC2)CC1. The van der Waals surface area contributed by atoms with Gasteiger partial charge in [-0.2, -0.15) is 0 Å². The standard InChI is InChI=1S/C13H25N/c1-2-11-3-5-12(6-4-11)13-7-9-14-10-8-13/h11-14H,2-10H2,1H3. The Morgan fingerprint density at radius 1 is 0.857 bits per heavy atom. The summed E-state index contributed by atoms with van der Waals surface area (Å²) >= 11 is 0. The van der Waals surface area contributed by atoms with Crippen LogP contribution >= 0.6 is 0 Å². The molecule has 0 radical (unpaired) electrons. The van der Waals surface area contributed by atoms with E-state index >= 15 is 0 Å². The number of nitrogens with one attached hydrogen (secondary N) is 1. The summed E-state index contributed by atoms with van der Waals surface area (Å²) in [6.07, 6.45) is 10.4. The van der Waals surface area contributed by atoms with Gasteiger partial charge in [-0.25, -0.2) is 0 Å². The maximum absolute atomic E-state index is 3.47. The van der Waals surface area contributed by atoms with E-state index in [0.717, 1.165) is 17.8 Å². The molecule has 1 saturated carbocycles. The van der Waals surface area contributed by atoms with Gasteiger partial charge in [0.2, 0.25) is 0 Å². The second-order valence-corrected chi connectivity index (χ2v) is 5.28. The summed E-state index contributed by atoms with van der Waals surface area (Å²) in [6, 6.07) is 0. The molecule has 1 N–H and O–H groups in total. The van der Waals surface area contributed by atoms with Crippen LogP contribution in [0.3, 0.4) is 0 Å². The first-order valence-electron chi connectivity index (χ1n) is 6.61. The van der Waals surface area contributed by atoms with Crippen LogP contribution in [0.15, 0.2) is 0 Å². The van der Waals surface area contributed by atoms with E-state index in [4.69, 9.17) is 0 Å². The lowest BCUT2D eigenvalue weighted by atomic mass is 9.72. The van der Waals surface area contributed by atoms with Crippen molar-refractivity contribution >= 4 is 0 Å². The third-order valence-corrected chi connectivity index (χ3v) is 4.52. The fraction of sp³-hybridized carbons (Fsp3) is 1.00. The molecule has 1 aliphatic heterocycles. The Morgan fingerprint density at radius 2 is 1.43 bits per heavy atom. The van der Waals surface area contributed by atoms with E-state index in [1.54, 1.807) is 0 Å². The Balaban J connectivity index is 1.76. The van der Waals surface area contributed by atoms with Crippen molar-refractivity contribution in [3.05, 3.63) is 0 Å². The van der Waals surface area contributed by atoms with Crippen molar-refractivity contribution in [2.24, 2.45) is 17.8 Å². The van der Waals surface area contributed by atoms with Gasteiger partial charge in [0.1, 0.15) is 0 Å². The minimum atomic E-state index is 1.06. The molecule has 1 nitrogen and oxygen atoms in total. The van der Waals surface area contributed by atoms with Crippen LogP contribution in [0.2, 0.25) is 0 Å². The van der Waals surface area contributed by atoms with Gasteiger partial charge in [-0.1, -0.05) is 26.2 Å². The van der Waals surface area contributed by atoms with E-state index in [-0.39, 0.29) is 0 Å². The second kappa shape index (κ2) is 5.16. The Bertz CT molecular complexity index is 153. The lowest BCUT2D eigenvalue weighted by molar-refractivity contribution is 0.171. The van der Waals surface area contributed by atoms with Gasteiger partial charge in [0, 0.05) is 0 Å². The molecule has 2 rings (SSSR count). The van der Waals surface area contributed by atoms with Crippen LogP contribution in [0, 0.1) is 17.8 Å².